The second kappa shape index (κ2) is 13.8. The van der Waals surface area contributed by atoms with Gasteiger partial charge in [-0.05, 0) is 24.5 Å². The first-order valence-electron chi connectivity index (χ1n) is 8.28. The molecule has 1 aromatic rings. The summed E-state index contributed by atoms with van der Waals surface area (Å²) in [6.07, 6.45) is -8.00. The molecule has 0 spiro atoms. The number of aliphatic carboxylic acids is 2. The SMILES string of the molecule is CCCC(=O)Nc1ccccc1CCC(N)=O.O=C(O)C(F)(F)F.O=C(O)C(F)(F)F. The van der Waals surface area contributed by atoms with Gasteiger partial charge in [-0.15, -0.1) is 0 Å². The summed E-state index contributed by atoms with van der Waals surface area (Å²) in [5, 5.41) is 17.1. The van der Waals surface area contributed by atoms with Crippen LogP contribution in [-0.2, 0) is 25.6 Å². The van der Waals surface area contributed by atoms with Gasteiger partial charge in [0.25, 0.3) is 0 Å². The molecule has 0 aliphatic carbocycles. The van der Waals surface area contributed by atoms with Gasteiger partial charge in [0.15, 0.2) is 0 Å². The molecule has 5 N–H and O–H groups in total. The van der Waals surface area contributed by atoms with Gasteiger partial charge in [0, 0.05) is 18.5 Å². The molecule has 0 saturated heterocycles. The fourth-order valence-electron chi connectivity index (χ4n) is 1.56. The Bertz CT molecular complexity index is 725. The number of benzene rings is 1. The number of hydrogen-bond donors (Lipinski definition) is 4. The van der Waals surface area contributed by atoms with E-state index in [9.17, 15) is 35.9 Å². The Balaban J connectivity index is 0. The van der Waals surface area contributed by atoms with E-state index >= 15 is 0 Å². The second-order valence-electron chi connectivity index (χ2n) is 5.53. The molecule has 0 fully saturated rings. The van der Waals surface area contributed by atoms with Crippen molar-refractivity contribution in [3.8, 4) is 0 Å². The Kier molecular flexibility index (Phi) is 13.3. The third-order valence-electron chi connectivity index (χ3n) is 2.89. The van der Waals surface area contributed by atoms with E-state index in [-0.39, 0.29) is 11.8 Å². The summed E-state index contributed by atoms with van der Waals surface area (Å²) in [5.74, 6) is -5.85. The summed E-state index contributed by atoms with van der Waals surface area (Å²) in [7, 11) is 0. The number of halogens is 6. The number of hydrogen-bond acceptors (Lipinski definition) is 4. The van der Waals surface area contributed by atoms with E-state index in [1.54, 1.807) is 0 Å². The maximum absolute atomic E-state index is 11.5. The highest BCUT2D eigenvalue weighted by Crippen LogP contribution is 2.17. The van der Waals surface area contributed by atoms with Crippen molar-refractivity contribution in [2.75, 3.05) is 5.32 Å². The molecule has 0 radical (unpaired) electrons. The molecular weight excluding hydrogens is 442 g/mol. The maximum Gasteiger partial charge on any atom is 0.490 e. The van der Waals surface area contributed by atoms with Crippen molar-refractivity contribution in [1.29, 1.82) is 0 Å². The molecule has 2 amide bonds. The molecule has 0 aromatic heterocycles. The van der Waals surface area contributed by atoms with E-state index in [0.29, 0.717) is 19.3 Å². The topological polar surface area (TPSA) is 147 Å². The number of para-hydroxylation sites is 1. The maximum atomic E-state index is 11.5. The van der Waals surface area contributed by atoms with E-state index in [1.807, 2.05) is 31.2 Å². The molecule has 0 heterocycles. The first kappa shape index (κ1) is 29.9. The van der Waals surface area contributed by atoms with Gasteiger partial charge in [-0.1, -0.05) is 25.1 Å². The number of carboxylic acids is 2. The van der Waals surface area contributed by atoms with Gasteiger partial charge < -0.3 is 21.3 Å². The lowest BCUT2D eigenvalue weighted by Gasteiger charge is -2.09. The zero-order valence-electron chi connectivity index (χ0n) is 16.0. The van der Waals surface area contributed by atoms with Crippen molar-refractivity contribution in [2.45, 2.75) is 45.0 Å². The van der Waals surface area contributed by atoms with Crippen LogP contribution in [0.15, 0.2) is 24.3 Å². The first-order chi connectivity index (χ1) is 14.0. The van der Waals surface area contributed by atoms with Gasteiger partial charge in [-0.3, -0.25) is 9.59 Å². The van der Waals surface area contributed by atoms with E-state index in [2.05, 4.69) is 5.32 Å². The van der Waals surface area contributed by atoms with Crippen molar-refractivity contribution < 1.29 is 55.7 Å². The van der Waals surface area contributed by atoms with Crippen LogP contribution in [0.2, 0.25) is 0 Å². The van der Waals surface area contributed by atoms with Gasteiger partial charge in [0.1, 0.15) is 0 Å². The van der Waals surface area contributed by atoms with E-state index in [1.165, 1.54) is 0 Å². The zero-order chi connectivity index (χ0) is 24.8. The highest BCUT2D eigenvalue weighted by atomic mass is 19.4. The average molecular weight is 462 g/mol. The van der Waals surface area contributed by atoms with Crippen molar-refractivity contribution in [3.63, 3.8) is 0 Å². The number of primary amides is 1. The summed E-state index contributed by atoms with van der Waals surface area (Å²) in [6, 6.07) is 7.47. The fourth-order valence-corrected chi connectivity index (χ4v) is 1.56. The predicted molar refractivity (Wildman–Crippen MR) is 94.9 cm³/mol. The first-order valence-corrected chi connectivity index (χ1v) is 8.28. The zero-order valence-corrected chi connectivity index (χ0v) is 16.0. The van der Waals surface area contributed by atoms with Crippen LogP contribution in [0, 0.1) is 0 Å². The second-order valence-corrected chi connectivity index (χ2v) is 5.53. The van der Waals surface area contributed by atoms with Crippen LogP contribution in [0.25, 0.3) is 0 Å². The molecule has 0 saturated carbocycles. The van der Waals surface area contributed by atoms with Crippen LogP contribution in [0.3, 0.4) is 0 Å². The molecular formula is C17H20F6N2O6. The Labute approximate surface area is 172 Å². The standard InChI is InChI=1S/C13H18N2O2.2C2HF3O2/c1-2-5-13(17)15-11-7-4-3-6-10(11)8-9-12(14)16;2*3-2(4,5)1(6)7/h3-4,6-7H,2,5,8-9H2,1H3,(H2,14,16)(H,15,17);2*(H,6,7). The lowest BCUT2D eigenvalue weighted by Crippen LogP contribution is -2.21. The Morgan fingerprint density at radius 2 is 1.32 bits per heavy atom. The number of anilines is 1. The van der Waals surface area contributed by atoms with Crippen LogP contribution >= 0.6 is 0 Å². The molecule has 1 rings (SSSR count). The lowest BCUT2D eigenvalue weighted by atomic mass is 10.1. The minimum absolute atomic E-state index is 0.000903. The predicted octanol–water partition coefficient (Wildman–Crippen LogP) is 3.11. The van der Waals surface area contributed by atoms with Gasteiger partial charge in [-0.25, -0.2) is 9.59 Å². The van der Waals surface area contributed by atoms with Crippen LogP contribution < -0.4 is 11.1 Å². The summed E-state index contributed by atoms with van der Waals surface area (Å²) in [5.41, 5.74) is 6.82. The molecule has 1 aromatic carbocycles. The number of carbonyl (C=O) groups is 4. The average Bonchev–Trinajstić information content (AvgIpc) is 2.60. The van der Waals surface area contributed by atoms with Gasteiger partial charge >= 0.3 is 24.3 Å². The van der Waals surface area contributed by atoms with Crippen molar-refractivity contribution in [1.82, 2.24) is 0 Å². The smallest absolute Gasteiger partial charge is 0.475 e. The minimum Gasteiger partial charge on any atom is -0.475 e. The minimum atomic E-state index is -5.08. The Morgan fingerprint density at radius 3 is 1.68 bits per heavy atom. The summed E-state index contributed by atoms with van der Waals surface area (Å²) in [6.45, 7) is 1.96. The monoisotopic (exact) mass is 462 g/mol. The van der Waals surface area contributed by atoms with Gasteiger partial charge in [0.05, 0.1) is 0 Å². The Morgan fingerprint density at radius 1 is 0.903 bits per heavy atom. The van der Waals surface area contributed by atoms with Crippen molar-refractivity contribution >= 4 is 29.4 Å². The lowest BCUT2D eigenvalue weighted by molar-refractivity contribution is -0.193. The van der Waals surface area contributed by atoms with E-state index in [4.69, 9.17) is 25.5 Å². The number of rotatable bonds is 6. The fraction of sp³-hybridized carbons (Fsp3) is 0.412. The molecule has 8 nitrogen and oxygen atoms in total. The molecule has 0 unspecified atom stereocenters. The summed E-state index contributed by atoms with van der Waals surface area (Å²) in [4.78, 5) is 40.0. The molecule has 0 aliphatic rings. The normalized spacial score (nSPS) is 10.5. The van der Waals surface area contributed by atoms with Crippen molar-refractivity contribution in [2.24, 2.45) is 5.73 Å². The third kappa shape index (κ3) is 16.2. The third-order valence-corrected chi connectivity index (χ3v) is 2.89. The molecule has 0 bridgehead atoms. The summed E-state index contributed by atoms with van der Waals surface area (Å²) >= 11 is 0. The number of amides is 2. The highest BCUT2D eigenvalue weighted by Gasteiger charge is 2.38. The van der Waals surface area contributed by atoms with Gasteiger partial charge in [0.2, 0.25) is 11.8 Å². The van der Waals surface area contributed by atoms with Crippen LogP contribution in [-0.4, -0.2) is 46.3 Å². The molecule has 14 heteroatoms. The molecule has 0 atom stereocenters. The number of alkyl halides is 6. The number of carboxylic acid groups (broad SMARTS) is 2. The summed E-state index contributed by atoms with van der Waals surface area (Å²) < 4.78 is 63.5. The molecule has 31 heavy (non-hydrogen) atoms. The van der Waals surface area contributed by atoms with Crippen molar-refractivity contribution in [3.05, 3.63) is 29.8 Å². The van der Waals surface area contributed by atoms with Crippen LogP contribution in [0.4, 0.5) is 32.0 Å². The Hall–Kier alpha value is -3.32. The van der Waals surface area contributed by atoms with Crippen LogP contribution in [0.5, 0.6) is 0 Å². The largest absolute Gasteiger partial charge is 0.490 e. The van der Waals surface area contributed by atoms with Gasteiger partial charge in [-0.2, -0.15) is 26.3 Å². The number of nitrogens with one attached hydrogen (secondary N) is 1. The molecule has 176 valence electrons. The number of aryl methyl sites for hydroxylation is 1. The quantitative estimate of drug-likeness (QED) is 0.478. The number of nitrogens with two attached hydrogens (primary N) is 1. The van der Waals surface area contributed by atoms with E-state index < -0.39 is 24.3 Å². The van der Waals surface area contributed by atoms with Crippen LogP contribution in [0.1, 0.15) is 31.7 Å². The van der Waals surface area contributed by atoms with E-state index in [0.717, 1.165) is 17.7 Å². The number of carbonyl (C=O) groups excluding carboxylic acids is 2. The molecule has 0 aliphatic heterocycles. The highest BCUT2D eigenvalue weighted by molar-refractivity contribution is 5.91.